The molecule has 0 unspecified atom stereocenters. The van der Waals surface area contributed by atoms with E-state index < -0.39 is 0 Å². The number of rotatable bonds is 5. The summed E-state index contributed by atoms with van der Waals surface area (Å²) >= 11 is 2.97. The molecule has 6 heteroatoms. The summed E-state index contributed by atoms with van der Waals surface area (Å²) in [6, 6.07) is 17.2. The average Bonchev–Trinajstić information content (AvgIpc) is 3.17. The first-order valence-corrected chi connectivity index (χ1v) is 12.3. The largest absolute Gasteiger partial charge is 0.293 e. The van der Waals surface area contributed by atoms with E-state index in [1.807, 2.05) is 61.5 Å². The number of aromatic nitrogens is 2. The second kappa shape index (κ2) is 8.44. The predicted octanol–water partition coefficient (Wildman–Crippen LogP) is 5.61. The van der Waals surface area contributed by atoms with Gasteiger partial charge in [0.2, 0.25) is 0 Å². The van der Waals surface area contributed by atoms with E-state index in [0.29, 0.717) is 10.7 Å². The van der Waals surface area contributed by atoms with Crippen molar-refractivity contribution in [3.05, 3.63) is 86.5 Å². The molecule has 1 aliphatic carbocycles. The molecule has 0 fully saturated rings. The van der Waals surface area contributed by atoms with Gasteiger partial charge in [-0.2, -0.15) is 0 Å². The summed E-state index contributed by atoms with van der Waals surface area (Å²) in [6.45, 7) is 2.00. The topological polar surface area (TPSA) is 52.0 Å². The minimum atomic E-state index is -0.0270. The fraction of sp³-hybridized carbons (Fsp3) is 0.240. The van der Waals surface area contributed by atoms with Crippen LogP contribution < -0.4 is 5.56 Å². The van der Waals surface area contributed by atoms with Crippen molar-refractivity contribution in [1.29, 1.82) is 0 Å². The minimum Gasteiger partial charge on any atom is -0.293 e. The van der Waals surface area contributed by atoms with Gasteiger partial charge in [0.1, 0.15) is 4.83 Å². The third kappa shape index (κ3) is 3.86. The molecule has 156 valence electrons. The summed E-state index contributed by atoms with van der Waals surface area (Å²) in [5.74, 6) is 0.267. The number of carbonyl (C=O) groups is 1. The number of nitrogens with zero attached hydrogens (tertiary/aromatic N) is 2. The Morgan fingerprint density at radius 3 is 2.58 bits per heavy atom. The number of ketones is 1. The first kappa shape index (κ1) is 20.2. The molecule has 5 rings (SSSR count). The van der Waals surface area contributed by atoms with E-state index in [-0.39, 0.29) is 17.1 Å². The van der Waals surface area contributed by atoms with Crippen LogP contribution in [0.1, 0.15) is 39.2 Å². The number of fused-ring (bicyclic) bond motifs is 3. The van der Waals surface area contributed by atoms with Crippen molar-refractivity contribution in [3.63, 3.8) is 0 Å². The summed E-state index contributed by atoms with van der Waals surface area (Å²) in [5, 5.41) is 1.33. The van der Waals surface area contributed by atoms with E-state index in [1.165, 1.54) is 28.6 Å². The number of benzene rings is 2. The molecule has 0 spiro atoms. The minimum absolute atomic E-state index is 0.0270. The molecular formula is C25H22N2O2S2. The highest BCUT2D eigenvalue weighted by atomic mass is 32.2. The summed E-state index contributed by atoms with van der Waals surface area (Å²) in [4.78, 5) is 33.4. The van der Waals surface area contributed by atoms with E-state index in [2.05, 4.69) is 0 Å². The Balaban J connectivity index is 1.58. The normalized spacial score (nSPS) is 13.3. The van der Waals surface area contributed by atoms with Crippen LogP contribution in [-0.2, 0) is 12.8 Å². The molecule has 0 aliphatic heterocycles. The number of thiophene rings is 1. The molecule has 2 aromatic heterocycles. The second-order valence-electron chi connectivity index (χ2n) is 7.84. The van der Waals surface area contributed by atoms with E-state index in [4.69, 9.17) is 4.98 Å². The Bertz CT molecular complexity index is 1320. The van der Waals surface area contributed by atoms with Gasteiger partial charge in [0.25, 0.3) is 5.56 Å². The van der Waals surface area contributed by atoms with Crippen LogP contribution in [0.2, 0.25) is 0 Å². The van der Waals surface area contributed by atoms with Crippen molar-refractivity contribution >= 4 is 39.1 Å². The number of Topliss-reactive ketones (excluding diaryl/α,β-unsaturated/α-hetero) is 1. The Morgan fingerprint density at radius 1 is 1.06 bits per heavy atom. The summed E-state index contributed by atoms with van der Waals surface area (Å²) in [5.41, 5.74) is 3.74. The van der Waals surface area contributed by atoms with Crippen LogP contribution in [0.4, 0.5) is 0 Å². The Kier molecular flexibility index (Phi) is 5.50. The molecule has 0 saturated heterocycles. The molecule has 0 radical (unpaired) electrons. The lowest BCUT2D eigenvalue weighted by Gasteiger charge is -2.13. The number of carbonyl (C=O) groups excluding carboxylic acids is 1. The molecule has 0 bridgehead atoms. The van der Waals surface area contributed by atoms with Gasteiger partial charge in [0.05, 0.1) is 16.8 Å². The maximum atomic E-state index is 13.7. The number of para-hydroxylation sites is 1. The third-order valence-corrected chi connectivity index (χ3v) is 7.80. The van der Waals surface area contributed by atoms with Gasteiger partial charge in [-0.05, 0) is 50.3 Å². The maximum absolute atomic E-state index is 13.7. The molecule has 1 aliphatic rings. The average molecular weight is 447 g/mol. The van der Waals surface area contributed by atoms with Crippen molar-refractivity contribution in [3.8, 4) is 5.69 Å². The van der Waals surface area contributed by atoms with Crippen LogP contribution in [0.5, 0.6) is 0 Å². The van der Waals surface area contributed by atoms with Crippen molar-refractivity contribution in [2.45, 2.75) is 37.8 Å². The number of thioether (sulfide) groups is 1. The SMILES string of the molecule is Cc1ccc(C(=O)CSc2nc3sc4c(c3c(=O)n2-c2ccccc2)CCCC4)cc1. The van der Waals surface area contributed by atoms with Crippen molar-refractivity contribution in [1.82, 2.24) is 9.55 Å². The maximum Gasteiger partial charge on any atom is 0.267 e. The molecule has 31 heavy (non-hydrogen) atoms. The second-order valence-corrected chi connectivity index (χ2v) is 9.87. The Hall–Kier alpha value is -2.70. The quantitative estimate of drug-likeness (QED) is 0.227. The molecule has 2 heterocycles. The van der Waals surface area contributed by atoms with Gasteiger partial charge < -0.3 is 0 Å². The highest BCUT2D eigenvalue weighted by Crippen LogP contribution is 2.35. The van der Waals surface area contributed by atoms with E-state index in [9.17, 15) is 9.59 Å². The monoisotopic (exact) mass is 446 g/mol. The molecule has 4 aromatic rings. The zero-order valence-electron chi connectivity index (χ0n) is 17.3. The molecule has 2 aromatic carbocycles. The Labute approximate surface area is 189 Å². The van der Waals surface area contributed by atoms with Gasteiger partial charge in [-0.1, -0.05) is 59.8 Å². The number of aryl methyl sites for hydroxylation is 3. The van der Waals surface area contributed by atoms with Gasteiger partial charge in [-0.3, -0.25) is 14.2 Å². The molecule has 0 atom stereocenters. The van der Waals surface area contributed by atoms with Gasteiger partial charge in [0.15, 0.2) is 10.9 Å². The fourth-order valence-electron chi connectivity index (χ4n) is 4.04. The lowest BCUT2D eigenvalue weighted by atomic mass is 9.97. The summed E-state index contributed by atoms with van der Waals surface area (Å²) in [6.07, 6.45) is 4.25. The Morgan fingerprint density at radius 2 is 1.81 bits per heavy atom. The molecule has 4 nitrogen and oxygen atoms in total. The fourth-order valence-corrected chi connectivity index (χ4v) is 6.25. The smallest absolute Gasteiger partial charge is 0.267 e. The molecule has 0 saturated carbocycles. The lowest BCUT2D eigenvalue weighted by molar-refractivity contribution is 0.102. The van der Waals surface area contributed by atoms with Crippen LogP contribution in [-0.4, -0.2) is 21.1 Å². The number of hydrogen-bond acceptors (Lipinski definition) is 5. The summed E-state index contributed by atoms with van der Waals surface area (Å²) in [7, 11) is 0. The van der Waals surface area contributed by atoms with Gasteiger partial charge in [-0.25, -0.2) is 4.98 Å². The van der Waals surface area contributed by atoms with Crippen LogP contribution in [0.3, 0.4) is 0 Å². The van der Waals surface area contributed by atoms with Crippen molar-refractivity contribution < 1.29 is 4.79 Å². The first-order valence-electron chi connectivity index (χ1n) is 10.5. The van der Waals surface area contributed by atoms with Crippen molar-refractivity contribution in [2.24, 2.45) is 0 Å². The van der Waals surface area contributed by atoms with Gasteiger partial charge in [-0.15, -0.1) is 11.3 Å². The van der Waals surface area contributed by atoms with Gasteiger partial charge >= 0.3 is 0 Å². The third-order valence-electron chi connectivity index (χ3n) is 5.68. The molecular weight excluding hydrogens is 424 g/mol. The highest BCUT2D eigenvalue weighted by Gasteiger charge is 2.23. The van der Waals surface area contributed by atoms with E-state index in [1.54, 1.807) is 15.9 Å². The first-order chi connectivity index (χ1) is 15.1. The molecule has 0 N–H and O–H groups in total. The van der Waals surface area contributed by atoms with Crippen LogP contribution >= 0.6 is 23.1 Å². The highest BCUT2D eigenvalue weighted by molar-refractivity contribution is 7.99. The standard InChI is InChI=1S/C25H22N2O2S2/c1-16-11-13-17(14-12-16)20(28)15-30-25-26-23-22(19-9-5-6-10-21(19)31-23)24(29)27(25)18-7-3-2-4-8-18/h2-4,7-8,11-14H,5-6,9-10,15H2,1H3. The van der Waals surface area contributed by atoms with E-state index >= 15 is 0 Å². The number of hydrogen-bond donors (Lipinski definition) is 0. The lowest BCUT2D eigenvalue weighted by Crippen LogP contribution is -2.22. The molecule has 0 amide bonds. The van der Waals surface area contributed by atoms with Crippen LogP contribution in [0, 0.1) is 6.92 Å². The van der Waals surface area contributed by atoms with Crippen molar-refractivity contribution in [2.75, 3.05) is 5.75 Å². The zero-order chi connectivity index (χ0) is 21.4. The van der Waals surface area contributed by atoms with Gasteiger partial charge in [0, 0.05) is 10.4 Å². The predicted molar refractivity (Wildman–Crippen MR) is 128 cm³/mol. The van der Waals surface area contributed by atoms with E-state index in [0.717, 1.165) is 40.7 Å². The van der Waals surface area contributed by atoms with Crippen LogP contribution in [0.25, 0.3) is 15.9 Å². The van der Waals surface area contributed by atoms with Crippen LogP contribution in [0.15, 0.2) is 64.5 Å². The summed E-state index contributed by atoms with van der Waals surface area (Å²) < 4.78 is 1.68. The zero-order valence-corrected chi connectivity index (χ0v) is 18.9.